The SMILES string of the molecule is CCCOc1ccccc1C(=O)N[C@H](CO)C(=O)O. The highest BCUT2D eigenvalue weighted by Crippen LogP contribution is 2.18. The summed E-state index contributed by atoms with van der Waals surface area (Å²) in [7, 11) is 0. The third-order valence-corrected chi connectivity index (χ3v) is 2.38. The van der Waals surface area contributed by atoms with Crippen molar-refractivity contribution in [1.82, 2.24) is 5.32 Å². The number of aliphatic carboxylic acids is 1. The van der Waals surface area contributed by atoms with E-state index in [0.29, 0.717) is 12.4 Å². The minimum absolute atomic E-state index is 0.246. The number of hydrogen-bond donors (Lipinski definition) is 3. The number of hydrogen-bond acceptors (Lipinski definition) is 4. The van der Waals surface area contributed by atoms with E-state index in [4.69, 9.17) is 14.9 Å². The highest BCUT2D eigenvalue weighted by atomic mass is 16.5. The number of aliphatic hydroxyl groups is 1. The predicted octanol–water partition coefficient (Wildman–Crippen LogP) is 0.651. The Labute approximate surface area is 111 Å². The zero-order valence-electron chi connectivity index (χ0n) is 10.6. The summed E-state index contributed by atoms with van der Waals surface area (Å²) >= 11 is 0. The van der Waals surface area contributed by atoms with Gasteiger partial charge in [-0.3, -0.25) is 4.79 Å². The number of para-hydroxylation sites is 1. The second kappa shape index (κ2) is 7.38. The van der Waals surface area contributed by atoms with Crippen LogP contribution >= 0.6 is 0 Å². The van der Waals surface area contributed by atoms with Crippen molar-refractivity contribution < 1.29 is 24.5 Å². The van der Waals surface area contributed by atoms with Gasteiger partial charge in [0, 0.05) is 0 Å². The lowest BCUT2D eigenvalue weighted by atomic mass is 10.1. The summed E-state index contributed by atoms with van der Waals surface area (Å²) in [6.07, 6.45) is 0.796. The van der Waals surface area contributed by atoms with Crippen molar-refractivity contribution >= 4 is 11.9 Å². The van der Waals surface area contributed by atoms with Crippen LogP contribution in [0.5, 0.6) is 5.75 Å². The van der Waals surface area contributed by atoms with Gasteiger partial charge in [-0.1, -0.05) is 19.1 Å². The number of ether oxygens (including phenoxy) is 1. The van der Waals surface area contributed by atoms with Crippen LogP contribution in [0, 0.1) is 0 Å². The summed E-state index contributed by atoms with van der Waals surface area (Å²) in [6, 6.07) is 5.23. The Morgan fingerprint density at radius 3 is 2.63 bits per heavy atom. The third-order valence-electron chi connectivity index (χ3n) is 2.38. The molecule has 0 aliphatic heterocycles. The van der Waals surface area contributed by atoms with E-state index >= 15 is 0 Å². The van der Waals surface area contributed by atoms with Crippen LogP contribution < -0.4 is 10.1 Å². The summed E-state index contributed by atoms with van der Waals surface area (Å²) < 4.78 is 5.41. The van der Waals surface area contributed by atoms with Gasteiger partial charge in [0.15, 0.2) is 6.04 Å². The van der Waals surface area contributed by atoms with Crippen LogP contribution in [0.25, 0.3) is 0 Å². The lowest BCUT2D eigenvalue weighted by Gasteiger charge is -2.14. The fraction of sp³-hybridized carbons (Fsp3) is 0.385. The molecule has 19 heavy (non-hydrogen) atoms. The quantitative estimate of drug-likeness (QED) is 0.674. The van der Waals surface area contributed by atoms with Gasteiger partial charge in [0.2, 0.25) is 0 Å². The van der Waals surface area contributed by atoms with Crippen LogP contribution in [0.4, 0.5) is 0 Å². The van der Waals surface area contributed by atoms with Crippen molar-refractivity contribution in [3.05, 3.63) is 29.8 Å². The Morgan fingerprint density at radius 2 is 2.05 bits per heavy atom. The number of carboxylic acids is 1. The molecule has 104 valence electrons. The van der Waals surface area contributed by atoms with E-state index in [1.807, 2.05) is 6.92 Å². The van der Waals surface area contributed by atoms with Crippen LogP contribution in [0.15, 0.2) is 24.3 Å². The van der Waals surface area contributed by atoms with Gasteiger partial charge in [0.05, 0.1) is 18.8 Å². The molecule has 0 saturated heterocycles. The van der Waals surface area contributed by atoms with Crippen LogP contribution in [-0.4, -0.2) is 41.3 Å². The van der Waals surface area contributed by atoms with Crippen LogP contribution in [-0.2, 0) is 4.79 Å². The number of nitrogens with one attached hydrogen (secondary N) is 1. The zero-order valence-corrected chi connectivity index (χ0v) is 10.6. The van der Waals surface area contributed by atoms with Gasteiger partial charge in [0.25, 0.3) is 5.91 Å². The molecule has 3 N–H and O–H groups in total. The molecule has 0 saturated carbocycles. The largest absolute Gasteiger partial charge is 0.493 e. The van der Waals surface area contributed by atoms with Crippen molar-refractivity contribution in [3.8, 4) is 5.75 Å². The van der Waals surface area contributed by atoms with Crippen molar-refractivity contribution in [3.63, 3.8) is 0 Å². The van der Waals surface area contributed by atoms with Gasteiger partial charge in [-0.15, -0.1) is 0 Å². The van der Waals surface area contributed by atoms with Crippen LogP contribution in [0.1, 0.15) is 23.7 Å². The Balaban J connectivity index is 2.83. The number of benzene rings is 1. The minimum atomic E-state index is -1.33. The molecule has 1 aromatic carbocycles. The summed E-state index contributed by atoms with van der Waals surface area (Å²) in [6.45, 7) is 1.74. The second-order valence-corrected chi connectivity index (χ2v) is 3.89. The first-order valence-corrected chi connectivity index (χ1v) is 5.96. The average Bonchev–Trinajstić information content (AvgIpc) is 2.42. The first kappa shape index (κ1) is 15.0. The molecule has 0 aliphatic carbocycles. The maximum absolute atomic E-state index is 11.9. The molecule has 0 unspecified atom stereocenters. The zero-order chi connectivity index (χ0) is 14.3. The summed E-state index contributed by atoms with van der Waals surface area (Å²) in [5, 5.41) is 19.9. The van der Waals surface area contributed by atoms with E-state index in [1.165, 1.54) is 6.07 Å². The maximum atomic E-state index is 11.9. The van der Waals surface area contributed by atoms with Crippen molar-refractivity contribution in [2.75, 3.05) is 13.2 Å². The van der Waals surface area contributed by atoms with Gasteiger partial charge in [-0.2, -0.15) is 0 Å². The molecular formula is C13H17NO5. The number of carbonyl (C=O) groups is 2. The molecule has 0 fully saturated rings. The lowest BCUT2D eigenvalue weighted by molar-refractivity contribution is -0.140. The molecule has 6 nitrogen and oxygen atoms in total. The van der Waals surface area contributed by atoms with E-state index in [-0.39, 0.29) is 5.56 Å². The fourth-order valence-electron chi connectivity index (χ4n) is 1.41. The minimum Gasteiger partial charge on any atom is -0.493 e. The maximum Gasteiger partial charge on any atom is 0.328 e. The molecule has 0 heterocycles. The molecule has 6 heteroatoms. The molecule has 1 aromatic rings. The monoisotopic (exact) mass is 267 g/mol. The normalized spacial score (nSPS) is 11.7. The van der Waals surface area contributed by atoms with E-state index in [2.05, 4.69) is 5.32 Å². The fourth-order valence-corrected chi connectivity index (χ4v) is 1.41. The van der Waals surface area contributed by atoms with Crippen molar-refractivity contribution in [2.24, 2.45) is 0 Å². The van der Waals surface area contributed by atoms with Gasteiger partial charge in [0.1, 0.15) is 5.75 Å². The van der Waals surface area contributed by atoms with Crippen LogP contribution in [0.3, 0.4) is 0 Å². The number of carboxylic acid groups (broad SMARTS) is 1. The molecule has 1 amide bonds. The topological polar surface area (TPSA) is 95.9 Å². The Hall–Kier alpha value is -2.08. The van der Waals surface area contributed by atoms with Crippen molar-refractivity contribution in [2.45, 2.75) is 19.4 Å². The van der Waals surface area contributed by atoms with Gasteiger partial charge < -0.3 is 20.3 Å². The molecule has 1 atom stereocenters. The first-order valence-electron chi connectivity index (χ1n) is 5.96. The van der Waals surface area contributed by atoms with E-state index < -0.39 is 24.5 Å². The summed E-state index contributed by atoms with van der Waals surface area (Å²) in [4.78, 5) is 22.7. The Bertz CT molecular complexity index is 446. The van der Waals surface area contributed by atoms with E-state index in [1.54, 1.807) is 18.2 Å². The molecule has 0 spiro atoms. The third kappa shape index (κ3) is 4.26. The first-order chi connectivity index (χ1) is 9.10. The number of rotatable bonds is 7. The molecule has 0 bridgehead atoms. The molecule has 0 aromatic heterocycles. The second-order valence-electron chi connectivity index (χ2n) is 3.89. The van der Waals surface area contributed by atoms with Gasteiger partial charge in [-0.05, 0) is 18.6 Å². The summed E-state index contributed by atoms with van der Waals surface area (Å²) in [5.41, 5.74) is 0.246. The molecule has 0 radical (unpaired) electrons. The number of carbonyl (C=O) groups excluding carboxylic acids is 1. The Kier molecular flexibility index (Phi) is 5.81. The predicted molar refractivity (Wildman–Crippen MR) is 68.2 cm³/mol. The molecule has 1 rings (SSSR count). The number of aliphatic hydroxyl groups excluding tert-OH is 1. The Morgan fingerprint density at radius 1 is 1.37 bits per heavy atom. The standard InChI is InChI=1S/C13H17NO5/c1-2-7-19-11-6-4-3-5-9(11)12(16)14-10(8-15)13(17)18/h3-6,10,15H,2,7-8H2,1H3,(H,14,16)(H,17,18)/t10-/m1/s1. The smallest absolute Gasteiger partial charge is 0.328 e. The molecular weight excluding hydrogens is 250 g/mol. The van der Waals surface area contributed by atoms with Crippen molar-refractivity contribution in [1.29, 1.82) is 0 Å². The van der Waals surface area contributed by atoms with E-state index in [9.17, 15) is 9.59 Å². The molecule has 0 aliphatic rings. The highest BCUT2D eigenvalue weighted by Gasteiger charge is 2.21. The summed E-state index contributed by atoms with van der Waals surface area (Å²) in [5.74, 6) is -1.49. The van der Waals surface area contributed by atoms with Gasteiger partial charge in [-0.25, -0.2) is 4.79 Å². The highest BCUT2D eigenvalue weighted by molar-refractivity contribution is 5.98. The average molecular weight is 267 g/mol. The number of amides is 1. The van der Waals surface area contributed by atoms with E-state index in [0.717, 1.165) is 6.42 Å². The van der Waals surface area contributed by atoms with Gasteiger partial charge >= 0.3 is 5.97 Å². The van der Waals surface area contributed by atoms with Crippen LogP contribution in [0.2, 0.25) is 0 Å². The lowest BCUT2D eigenvalue weighted by Crippen LogP contribution is -2.43.